The van der Waals surface area contributed by atoms with Crippen LogP contribution in [-0.4, -0.2) is 30.2 Å². The van der Waals surface area contributed by atoms with Crippen molar-refractivity contribution >= 4 is 35.0 Å². The normalized spacial score (nSPS) is 17.4. The van der Waals surface area contributed by atoms with Gasteiger partial charge in [-0.25, -0.2) is 9.79 Å². The molecule has 2 aliphatic rings. The predicted octanol–water partition coefficient (Wildman–Crippen LogP) is 5.64. The molecule has 4 heterocycles. The highest BCUT2D eigenvalue weighted by Crippen LogP contribution is 2.35. The van der Waals surface area contributed by atoms with Gasteiger partial charge in [0, 0.05) is 30.8 Å². The summed E-state index contributed by atoms with van der Waals surface area (Å²) in [7, 11) is 0. The van der Waals surface area contributed by atoms with Gasteiger partial charge >= 0.3 is 5.97 Å². The molecule has 0 aliphatic carbocycles. The molecule has 0 saturated carbocycles. The van der Waals surface area contributed by atoms with Gasteiger partial charge in [-0.05, 0) is 49.3 Å². The molecule has 2 aromatic heterocycles. The van der Waals surface area contributed by atoms with E-state index in [0.717, 1.165) is 42.9 Å². The number of thiazole rings is 1. The number of nitrogens with zero attached hydrogens (tertiary/aromatic N) is 3. The van der Waals surface area contributed by atoms with Gasteiger partial charge in [0.1, 0.15) is 5.76 Å². The summed E-state index contributed by atoms with van der Waals surface area (Å²) in [6.07, 6.45) is 5.33. The van der Waals surface area contributed by atoms with E-state index >= 15 is 0 Å². The first-order valence-electron chi connectivity index (χ1n) is 14.7. The standard InChI is InChI=1S/C34H35N3O4S/c1-4-40-33(39)29-30(24-11-7-5-8-12-24)35-34-37(31(29)25-15-13-23(14-16-25)22(2)3)32(38)27(42-34)21-26-17-18-28(41-26)36-19-9-6-10-20-36/h5,7-8,11-18,21-22,31H,4,6,9-10,19-20H2,1-3H3/b27-21-/t31-/m0/s1. The molecule has 1 atom stereocenters. The van der Waals surface area contributed by atoms with E-state index < -0.39 is 12.0 Å². The zero-order valence-electron chi connectivity index (χ0n) is 24.2. The minimum absolute atomic E-state index is 0.214. The molecule has 1 fully saturated rings. The maximum absolute atomic E-state index is 14.1. The van der Waals surface area contributed by atoms with E-state index in [2.05, 4.69) is 30.9 Å². The van der Waals surface area contributed by atoms with Crippen molar-refractivity contribution in [2.45, 2.75) is 52.0 Å². The van der Waals surface area contributed by atoms with E-state index in [0.29, 0.717) is 32.3 Å². The number of furan rings is 1. The Bertz CT molecular complexity index is 1790. The third-order valence-corrected chi connectivity index (χ3v) is 8.83. The van der Waals surface area contributed by atoms with Crippen LogP contribution in [0, 0.1) is 0 Å². The van der Waals surface area contributed by atoms with Crippen molar-refractivity contribution in [1.29, 1.82) is 0 Å². The molecule has 7 nitrogen and oxygen atoms in total. The maximum atomic E-state index is 14.1. The lowest BCUT2D eigenvalue weighted by atomic mass is 9.91. The van der Waals surface area contributed by atoms with Crippen molar-refractivity contribution in [3.05, 3.63) is 114 Å². The number of hydrogen-bond acceptors (Lipinski definition) is 7. The van der Waals surface area contributed by atoms with Crippen LogP contribution in [0.2, 0.25) is 0 Å². The lowest BCUT2D eigenvalue weighted by Crippen LogP contribution is -2.40. The molecule has 0 amide bonds. The van der Waals surface area contributed by atoms with Gasteiger partial charge in [-0.1, -0.05) is 79.8 Å². The Labute approximate surface area is 249 Å². The second-order valence-electron chi connectivity index (χ2n) is 11.0. The monoisotopic (exact) mass is 581 g/mol. The molecule has 4 aromatic rings. The maximum Gasteiger partial charge on any atom is 0.338 e. The number of fused-ring (bicyclic) bond motifs is 1. The van der Waals surface area contributed by atoms with Gasteiger partial charge in [0.05, 0.1) is 28.5 Å². The van der Waals surface area contributed by atoms with E-state index in [4.69, 9.17) is 14.1 Å². The summed E-state index contributed by atoms with van der Waals surface area (Å²) in [5.41, 5.74) is 3.44. The van der Waals surface area contributed by atoms with E-state index in [9.17, 15) is 9.59 Å². The minimum atomic E-state index is -0.695. The number of benzene rings is 2. The van der Waals surface area contributed by atoms with Crippen molar-refractivity contribution in [2.24, 2.45) is 4.99 Å². The SMILES string of the molecule is CCOC(=O)C1=C(c2ccccc2)N=c2s/c(=C\c3ccc(N4CCCCC4)o3)c(=O)n2[C@H]1c1ccc(C(C)C)cc1. The molecule has 0 unspecified atom stereocenters. The largest absolute Gasteiger partial charge is 0.463 e. The van der Waals surface area contributed by atoms with Gasteiger partial charge in [-0.15, -0.1) is 0 Å². The summed E-state index contributed by atoms with van der Waals surface area (Å²) < 4.78 is 13.9. The van der Waals surface area contributed by atoms with E-state index in [1.54, 1.807) is 17.6 Å². The fourth-order valence-corrected chi connectivity index (χ4v) is 6.63. The molecule has 6 rings (SSSR count). The number of esters is 1. The highest BCUT2D eigenvalue weighted by Gasteiger charge is 2.35. The van der Waals surface area contributed by atoms with E-state index in [1.807, 2.05) is 54.6 Å². The molecule has 42 heavy (non-hydrogen) atoms. The Kier molecular flexibility index (Phi) is 7.98. The van der Waals surface area contributed by atoms with Crippen LogP contribution in [0.4, 0.5) is 5.88 Å². The summed E-state index contributed by atoms with van der Waals surface area (Å²) in [4.78, 5) is 35.4. The number of hydrogen-bond donors (Lipinski definition) is 0. The quantitative estimate of drug-likeness (QED) is 0.264. The fraction of sp³-hybridized carbons (Fsp3) is 0.324. The number of aromatic nitrogens is 1. The van der Waals surface area contributed by atoms with Gasteiger partial charge in [0.25, 0.3) is 5.56 Å². The molecule has 0 spiro atoms. The van der Waals surface area contributed by atoms with Gasteiger partial charge in [0.2, 0.25) is 0 Å². The van der Waals surface area contributed by atoms with Gasteiger partial charge in [0.15, 0.2) is 10.7 Å². The third-order valence-electron chi connectivity index (χ3n) is 7.85. The second kappa shape index (κ2) is 12.0. The Hall–Kier alpha value is -4.17. The number of carbonyl (C=O) groups excluding carboxylic acids is 1. The molecule has 1 saturated heterocycles. The first kappa shape index (κ1) is 28.0. The van der Waals surface area contributed by atoms with Gasteiger partial charge in [-0.2, -0.15) is 0 Å². The van der Waals surface area contributed by atoms with Crippen LogP contribution in [0.5, 0.6) is 0 Å². The number of rotatable bonds is 7. The van der Waals surface area contributed by atoms with Crippen molar-refractivity contribution in [3.63, 3.8) is 0 Å². The fourth-order valence-electron chi connectivity index (χ4n) is 5.65. The van der Waals surface area contributed by atoms with Crippen LogP contribution in [-0.2, 0) is 9.53 Å². The first-order valence-corrected chi connectivity index (χ1v) is 15.5. The van der Waals surface area contributed by atoms with E-state index in [-0.39, 0.29) is 12.2 Å². The van der Waals surface area contributed by atoms with Crippen molar-refractivity contribution < 1.29 is 13.9 Å². The van der Waals surface area contributed by atoms with Crippen LogP contribution >= 0.6 is 11.3 Å². The van der Waals surface area contributed by atoms with E-state index in [1.165, 1.54) is 23.3 Å². The summed E-state index contributed by atoms with van der Waals surface area (Å²) >= 11 is 1.30. The molecule has 216 valence electrons. The molecule has 0 N–H and O–H groups in total. The zero-order valence-corrected chi connectivity index (χ0v) is 25.0. The molecule has 8 heteroatoms. The third kappa shape index (κ3) is 5.39. The molecule has 2 aromatic carbocycles. The summed E-state index contributed by atoms with van der Waals surface area (Å²) in [5.74, 6) is 1.31. The van der Waals surface area contributed by atoms with Gasteiger partial charge < -0.3 is 14.1 Å². The van der Waals surface area contributed by atoms with Crippen LogP contribution in [0.1, 0.15) is 74.4 Å². The minimum Gasteiger partial charge on any atom is -0.463 e. The lowest BCUT2D eigenvalue weighted by Gasteiger charge is -2.26. The number of anilines is 1. The Balaban J connectivity index is 1.54. The predicted molar refractivity (Wildman–Crippen MR) is 166 cm³/mol. The first-order chi connectivity index (χ1) is 20.4. The number of ether oxygens (including phenoxy) is 1. The zero-order chi connectivity index (χ0) is 29.2. The molecule has 2 aliphatic heterocycles. The average Bonchev–Trinajstić information content (AvgIpc) is 3.61. The second-order valence-corrected chi connectivity index (χ2v) is 12.0. The van der Waals surface area contributed by atoms with Crippen LogP contribution in [0.25, 0.3) is 11.8 Å². The summed E-state index contributed by atoms with van der Waals surface area (Å²) in [6, 6.07) is 20.9. The van der Waals surface area contributed by atoms with Crippen LogP contribution < -0.4 is 19.8 Å². The van der Waals surface area contributed by atoms with Crippen molar-refractivity contribution in [1.82, 2.24) is 4.57 Å². The average molecular weight is 582 g/mol. The number of piperidine rings is 1. The smallest absolute Gasteiger partial charge is 0.338 e. The summed E-state index contributed by atoms with van der Waals surface area (Å²) in [5, 5.41) is 0. The molecule has 0 radical (unpaired) electrons. The van der Waals surface area contributed by atoms with Crippen molar-refractivity contribution in [2.75, 3.05) is 24.6 Å². The summed E-state index contributed by atoms with van der Waals surface area (Å²) in [6.45, 7) is 8.23. The highest BCUT2D eigenvalue weighted by atomic mass is 32.1. The highest BCUT2D eigenvalue weighted by molar-refractivity contribution is 7.07. The number of carbonyl (C=O) groups is 1. The molecular weight excluding hydrogens is 546 g/mol. The topological polar surface area (TPSA) is 77.0 Å². The van der Waals surface area contributed by atoms with Crippen LogP contribution in [0.3, 0.4) is 0 Å². The molecule has 0 bridgehead atoms. The lowest BCUT2D eigenvalue weighted by molar-refractivity contribution is -0.138. The van der Waals surface area contributed by atoms with Crippen LogP contribution in [0.15, 0.2) is 86.5 Å². The Morgan fingerprint density at radius 1 is 1.05 bits per heavy atom. The Morgan fingerprint density at radius 3 is 2.48 bits per heavy atom. The Morgan fingerprint density at radius 2 is 1.79 bits per heavy atom. The molecular formula is C34H35N3O4S. The van der Waals surface area contributed by atoms with Crippen molar-refractivity contribution in [3.8, 4) is 0 Å². The van der Waals surface area contributed by atoms with Gasteiger partial charge in [-0.3, -0.25) is 9.36 Å².